The van der Waals surface area contributed by atoms with Crippen molar-refractivity contribution in [3.05, 3.63) is 128 Å². The fourth-order valence-electron chi connectivity index (χ4n) is 9.04. The van der Waals surface area contributed by atoms with Crippen molar-refractivity contribution in [1.29, 1.82) is 0 Å². The van der Waals surface area contributed by atoms with Gasteiger partial charge in [0.05, 0.1) is 46.7 Å². The second-order valence-electron chi connectivity index (χ2n) is 14.0. The first kappa shape index (κ1) is 35.8. The van der Waals surface area contributed by atoms with Crippen LogP contribution in [0.2, 0.25) is 15.1 Å². The fraction of sp³-hybridized carbons (Fsp3) is 0.244. The van der Waals surface area contributed by atoms with Crippen LogP contribution in [0.15, 0.2) is 96.6 Å². The highest BCUT2D eigenvalue weighted by molar-refractivity contribution is 6.36. The van der Waals surface area contributed by atoms with E-state index in [1.54, 1.807) is 66.7 Å². The summed E-state index contributed by atoms with van der Waals surface area (Å²) in [5.41, 5.74) is 4.07. The van der Waals surface area contributed by atoms with Gasteiger partial charge in [0.2, 0.25) is 11.8 Å². The number of ether oxygens (including phenoxy) is 1. The first-order valence-corrected chi connectivity index (χ1v) is 18.4. The Labute approximate surface area is 325 Å². The van der Waals surface area contributed by atoms with Gasteiger partial charge in [-0.25, -0.2) is 0 Å². The molecule has 4 aromatic carbocycles. The molecule has 6 unspecified atom stereocenters. The average molecular weight is 785 g/mol. The van der Waals surface area contributed by atoms with Gasteiger partial charge in [-0.15, -0.1) is 0 Å². The highest BCUT2D eigenvalue weighted by Crippen LogP contribution is 2.65. The summed E-state index contributed by atoms with van der Waals surface area (Å²) in [5, 5.41) is 12.1. The second kappa shape index (κ2) is 13.3. The topological polar surface area (TPSA) is 133 Å². The molecule has 13 heteroatoms. The van der Waals surface area contributed by atoms with Gasteiger partial charge < -0.3 is 9.84 Å². The number of ketones is 1. The SMILES string of the molecule is COc1ccc(C23C(=O)N(Nc4ccc(Cl)cc4Cl)C(=O)C2CC2C(=CCC4C(=O)N(c5ccc(C(C)=O)cc5)C(=O)C42)C3c2ccc(O)cc2Cl)cc1. The summed E-state index contributed by atoms with van der Waals surface area (Å²) in [6.07, 6.45) is 2.17. The molecule has 1 saturated carbocycles. The molecule has 4 aromatic rings. The van der Waals surface area contributed by atoms with E-state index in [-0.39, 0.29) is 46.0 Å². The molecule has 2 aliphatic heterocycles. The summed E-state index contributed by atoms with van der Waals surface area (Å²) in [6.45, 7) is 1.44. The summed E-state index contributed by atoms with van der Waals surface area (Å²) >= 11 is 19.6. The van der Waals surface area contributed by atoms with Crippen LogP contribution < -0.4 is 15.1 Å². The summed E-state index contributed by atoms with van der Waals surface area (Å²) in [4.78, 5) is 72.0. The van der Waals surface area contributed by atoms with E-state index in [9.17, 15) is 24.3 Å². The van der Waals surface area contributed by atoms with Crippen molar-refractivity contribution in [1.82, 2.24) is 5.01 Å². The van der Waals surface area contributed by atoms with Gasteiger partial charge in [-0.1, -0.05) is 64.7 Å². The number of fused-ring (bicyclic) bond motifs is 4. The van der Waals surface area contributed by atoms with Crippen LogP contribution in [0.4, 0.5) is 11.4 Å². The number of anilines is 2. The average Bonchev–Trinajstić information content (AvgIpc) is 3.53. The number of methoxy groups -OCH3 is 1. The number of allylic oxidation sites excluding steroid dienone is 2. The van der Waals surface area contributed by atoms with Crippen LogP contribution in [0.5, 0.6) is 11.5 Å². The number of hydrogen-bond donors (Lipinski definition) is 2. The van der Waals surface area contributed by atoms with Crippen LogP contribution in [0.3, 0.4) is 0 Å². The van der Waals surface area contributed by atoms with Gasteiger partial charge in [-0.3, -0.25) is 34.3 Å². The van der Waals surface area contributed by atoms with E-state index in [1.165, 1.54) is 37.1 Å². The van der Waals surface area contributed by atoms with Crippen molar-refractivity contribution in [3.8, 4) is 11.5 Å². The molecule has 274 valence electrons. The van der Waals surface area contributed by atoms with Crippen molar-refractivity contribution in [2.45, 2.75) is 31.1 Å². The van der Waals surface area contributed by atoms with E-state index in [4.69, 9.17) is 39.5 Å². The lowest BCUT2D eigenvalue weighted by atomic mass is 9.49. The molecule has 8 rings (SSSR count). The lowest BCUT2D eigenvalue weighted by Gasteiger charge is -2.50. The number of phenols is 1. The first-order chi connectivity index (χ1) is 25.9. The predicted molar refractivity (Wildman–Crippen MR) is 203 cm³/mol. The van der Waals surface area contributed by atoms with Crippen LogP contribution in [0, 0.1) is 23.7 Å². The molecule has 4 amide bonds. The van der Waals surface area contributed by atoms with E-state index in [2.05, 4.69) is 5.43 Å². The smallest absolute Gasteiger partial charge is 0.260 e. The van der Waals surface area contributed by atoms with Crippen LogP contribution >= 0.6 is 34.8 Å². The molecule has 0 radical (unpaired) electrons. The largest absolute Gasteiger partial charge is 0.508 e. The first-order valence-electron chi connectivity index (χ1n) is 17.3. The third-order valence-corrected chi connectivity index (χ3v) is 12.3. The maximum absolute atomic E-state index is 15.4. The lowest BCUT2D eigenvalue weighted by molar-refractivity contribution is -0.138. The molecule has 0 bridgehead atoms. The number of aromatic hydroxyl groups is 1. The number of carbonyl (C=O) groups is 5. The number of halogens is 3. The molecule has 3 fully saturated rings. The molecule has 2 saturated heterocycles. The van der Waals surface area contributed by atoms with Crippen molar-refractivity contribution >= 4 is 75.6 Å². The maximum atomic E-state index is 15.4. The van der Waals surface area contributed by atoms with Crippen LogP contribution in [0.1, 0.15) is 47.2 Å². The Hall–Kier alpha value is -5.16. The van der Waals surface area contributed by atoms with E-state index in [1.807, 2.05) is 6.08 Å². The Bertz CT molecular complexity index is 2310. The Balaban J connectivity index is 1.31. The van der Waals surface area contributed by atoms with Gasteiger partial charge in [-0.05, 0) is 104 Å². The van der Waals surface area contributed by atoms with Crippen molar-refractivity contribution in [2.75, 3.05) is 17.4 Å². The van der Waals surface area contributed by atoms with Gasteiger partial charge in [0.25, 0.3) is 11.8 Å². The van der Waals surface area contributed by atoms with Gasteiger partial charge in [0.15, 0.2) is 5.78 Å². The quantitative estimate of drug-likeness (QED) is 0.111. The zero-order valence-electron chi connectivity index (χ0n) is 28.9. The normalized spacial score (nSPS) is 25.9. The number of carbonyl (C=O) groups excluding carboxylic acids is 5. The molecular formula is C41H32Cl3N3O7. The molecule has 0 spiro atoms. The van der Waals surface area contributed by atoms with Gasteiger partial charge in [0, 0.05) is 21.5 Å². The molecule has 10 nitrogen and oxygen atoms in total. The monoisotopic (exact) mass is 783 g/mol. The Morgan fingerprint density at radius 3 is 2.22 bits per heavy atom. The second-order valence-corrected chi connectivity index (χ2v) is 15.3. The zero-order chi connectivity index (χ0) is 38.2. The molecule has 2 heterocycles. The van der Waals surface area contributed by atoms with Gasteiger partial charge >= 0.3 is 0 Å². The Kier molecular flexibility index (Phi) is 8.83. The van der Waals surface area contributed by atoms with Gasteiger partial charge in [-0.2, -0.15) is 5.01 Å². The minimum atomic E-state index is -1.61. The van der Waals surface area contributed by atoms with E-state index >= 15 is 4.79 Å². The third-order valence-electron chi connectivity index (χ3n) is 11.4. The standard InChI is InChI=1S/C41H32Cl3N3O7/c1-20(48)21-3-8-24(9-4-21)46-37(50)29-15-14-27-30(35(29)39(46)52)19-31-38(51)47(45-34-16-7-23(42)17-33(34)44)40(53)41(31,22-5-11-26(54-2)12-6-22)36(27)28-13-10-25(49)18-32(28)43/h3-14,16-18,29-31,35-36,45,49H,15,19H2,1-2H3. The molecule has 2 N–H and O–H groups in total. The van der Waals surface area contributed by atoms with Gasteiger partial charge in [0.1, 0.15) is 11.5 Å². The molecule has 54 heavy (non-hydrogen) atoms. The lowest BCUT2D eigenvalue weighted by Crippen LogP contribution is -2.53. The minimum Gasteiger partial charge on any atom is -0.508 e. The maximum Gasteiger partial charge on any atom is 0.260 e. The predicted octanol–water partition coefficient (Wildman–Crippen LogP) is 7.75. The zero-order valence-corrected chi connectivity index (χ0v) is 31.2. The molecule has 6 atom stereocenters. The summed E-state index contributed by atoms with van der Waals surface area (Å²) < 4.78 is 5.45. The Morgan fingerprint density at radius 1 is 0.852 bits per heavy atom. The fourth-order valence-corrected chi connectivity index (χ4v) is 9.77. The number of imide groups is 2. The number of nitrogens with one attached hydrogen (secondary N) is 1. The van der Waals surface area contributed by atoms with Crippen LogP contribution in [-0.2, 0) is 24.6 Å². The van der Waals surface area contributed by atoms with Crippen LogP contribution in [0.25, 0.3) is 0 Å². The number of benzene rings is 4. The molecular weight excluding hydrogens is 753 g/mol. The van der Waals surface area contributed by atoms with E-state index in [0.717, 1.165) is 5.01 Å². The number of nitrogens with zero attached hydrogens (tertiary/aromatic N) is 2. The van der Waals surface area contributed by atoms with Crippen molar-refractivity contribution in [2.24, 2.45) is 23.7 Å². The molecule has 4 aliphatic rings. The summed E-state index contributed by atoms with van der Waals surface area (Å²) in [7, 11) is 1.52. The minimum absolute atomic E-state index is 0.0540. The number of amides is 4. The number of rotatable bonds is 7. The van der Waals surface area contributed by atoms with Crippen LogP contribution in [-0.4, -0.2) is 46.6 Å². The summed E-state index contributed by atoms with van der Waals surface area (Å²) in [5.74, 6) is -5.86. The Morgan fingerprint density at radius 2 is 1.57 bits per heavy atom. The van der Waals surface area contributed by atoms with E-state index in [0.29, 0.717) is 38.7 Å². The number of hydrogen-bond acceptors (Lipinski definition) is 8. The number of Topliss-reactive ketones (excluding diaryl/α,β-unsaturated/α-hetero) is 1. The third kappa shape index (κ3) is 5.33. The summed E-state index contributed by atoms with van der Waals surface area (Å²) in [6, 6.07) is 22.4. The molecule has 2 aliphatic carbocycles. The van der Waals surface area contributed by atoms with Crippen molar-refractivity contribution in [3.63, 3.8) is 0 Å². The number of phenolic OH excluding ortho intramolecular Hbond substituents is 1. The highest BCUT2D eigenvalue weighted by atomic mass is 35.5. The van der Waals surface area contributed by atoms with Crippen molar-refractivity contribution < 1.29 is 33.8 Å². The van der Waals surface area contributed by atoms with E-state index < -0.39 is 52.7 Å². The highest BCUT2D eigenvalue weighted by Gasteiger charge is 2.70. The molecule has 0 aromatic heterocycles. The number of hydrazine groups is 1.